The Morgan fingerprint density at radius 2 is 1.55 bits per heavy atom. The highest BCUT2D eigenvalue weighted by atomic mass is 32.2. The van der Waals surface area contributed by atoms with E-state index in [1.165, 1.54) is 28.4 Å². The Morgan fingerprint density at radius 1 is 1.03 bits per heavy atom. The number of benzene rings is 1. The van der Waals surface area contributed by atoms with Crippen LogP contribution in [-0.2, 0) is 0 Å². The van der Waals surface area contributed by atoms with Gasteiger partial charge in [-0.25, -0.2) is 0 Å². The van der Waals surface area contributed by atoms with Crippen molar-refractivity contribution in [3.63, 3.8) is 0 Å². The number of amides is 4. The van der Waals surface area contributed by atoms with Crippen molar-refractivity contribution in [1.29, 1.82) is 0 Å². The molecule has 1 aromatic rings. The standard InChI is InChI=1S/C15H18N2O3S.C4H9NOS.CH4/c1-3-21-15(20)16(2)9-6-10-17-13(18)11-7-4-5-8-12(11)14(17)19;1-3-7-4(6)5-2;/h4-5,7-8H,3,6,9-10H2,1-2H3;3H2,1-2H3,(H,5,6);1H4. The average Bonchev–Trinajstić information content (AvgIpc) is 2.94. The number of nitrogens with one attached hydrogen (secondary N) is 1. The summed E-state index contributed by atoms with van der Waals surface area (Å²) in [7, 11) is 3.36. The molecular weight excluding hydrogens is 410 g/mol. The van der Waals surface area contributed by atoms with E-state index in [-0.39, 0.29) is 29.7 Å². The van der Waals surface area contributed by atoms with Gasteiger partial charge in [-0.05, 0) is 30.1 Å². The van der Waals surface area contributed by atoms with Crippen LogP contribution in [0.25, 0.3) is 0 Å². The summed E-state index contributed by atoms with van der Waals surface area (Å²) < 4.78 is 0. The smallest absolute Gasteiger partial charge is 0.281 e. The molecule has 1 aliphatic rings. The molecule has 29 heavy (non-hydrogen) atoms. The highest BCUT2D eigenvalue weighted by Crippen LogP contribution is 2.22. The van der Waals surface area contributed by atoms with Gasteiger partial charge in [0.2, 0.25) is 0 Å². The quantitative estimate of drug-likeness (QED) is 0.666. The second kappa shape index (κ2) is 14.1. The molecule has 0 fully saturated rings. The topological polar surface area (TPSA) is 86.8 Å². The Hall–Kier alpha value is -2.00. The molecule has 0 aliphatic carbocycles. The van der Waals surface area contributed by atoms with E-state index in [1.807, 2.05) is 13.8 Å². The normalized spacial score (nSPS) is 11.8. The molecule has 0 unspecified atom stereocenters. The molecule has 0 spiro atoms. The average molecular weight is 442 g/mol. The molecule has 0 atom stereocenters. The van der Waals surface area contributed by atoms with Crippen molar-refractivity contribution >= 4 is 45.8 Å². The molecule has 0 saturated heterocycles. The van der Waals surface area contributed by atoms with Gasteiger partial charge in [0.05, 0.1) is 11.1 Å². The molecule has 4 amide bonds. The number of nitrogens with zero attached hydrogens (tertiary/aromatic N) is 2. The number of hydrogen-bond acceptors (Lipinski definition) is 6. The fourth-order valence-electron chi connectivity index (χ4n) is 2.44. The Labute approximate surface area is 182 Å². The summed E-state index contributed by atoms with van der Waals surface area (Å²) in [4.78, 5) is 49.0. The van der Waals surface area contributed by atoms with Gasteiger partial charge in [-0.3, -0.25) is 24.1 Å². The van der Waals surface area contributed by atoms with Crippen LogP contribution in [0, 0.1) is 0 Å². The Balaban J connectivity index is 0.000000846. The first-order valence-corrected chi connectivity index (χ1v) is 11.0. The Bertz CT molecular complexity index is 678. The van der Waals surface area contributed by atoms with Crippen LogP contribution in [0.3, 0.4) is 0 Å². The van der Waals surface area contributed by atoms with E-state index < -0.39 is 0 Å². The second-order valence-corrected chi connectivity index (χ2v) is 8.20. The summed E-state index contributed by atoms with van der Waals surface area (Å²) in [5, 5.41) is 2.55. The van der Waals surface area contributed by atoms with Crippen molar-refractivity contribution < 1.29 is 19.2 Å². The molecule has 1 N–H and O–H groups in total. The van der Waals surface area contributed by atoms with E-state index in [2.05, 4.69) is 5.32 Å². The van der Waals surface area contributed by atoms with Gasteiger partial charge in [0.1, 0.15) is 0 Å². The zero-order valence-electron chi connectivity index (χ0n) is 16.7. The SMILES string of the molecule is C.CCSC(=O)N(C)CCCN1C(=O)c2ccccc2C1=O.CCSC(=O)NC. The minimum atomic E-state index is -0.243. The first-order chi connectivity index (χ1) is 13.4. The van der Waals surface area contributed by atoms with E-state index in [1.54, 1.807) is 43.3 Å². The fraction of sp³-hybridized carbons (Fsp3) is 0.500. The second-order valence-electron chi connectivity index (χ2n) is 5.75. The maximum Gasteiger partial charge on any atom is 0.281 e. The molecule has 9 heteroatoms. The highest BCUT2D eigenvalue weighted by molar-refractivity contribution is 8.13. The minimum Gasteiger partial charge on any atom is -0.350 e. The van der Waals surface area contributed by atoms with Crippen molar-refractivity contribution in [2.75, 3.05) is 38.7 Å². The molecule has 1 aromatic carbocycles. The van der Waals surface area contributed by atoms with Crippen molar-refractivity contribution in [3.05, 3.63) is 35.4 Å². The lowest BCUT2D eigenvalue weighted by Crippen LogP contribution is -2.33. The highest BCUT2D eigenvalue weighted by Gasteiger charge is 2.34. The van der Waals surface area contributed by atoms with E-state index >= 15 is 0 Å². The van der Waals surface area contributed by atoms with Crippen LogP contribution in [0.1, 0.15) is 48.4 Å². The number of carbonyl (C=O) groups is 4. The van der Waals surface area contributed by atoms with Crippen LogP contribution < -0.4 is 5.32 Å². The van der Waals surface area contributed by atoms with Crippen LogP contribution in [0.4, 0.5) is 9.59 Å². The number of thioether (sulfide) groups is 2. The van der Waals surface area contributed by atoms with Crippen molar-refractivity contribution in [3.8, 4) is 0 Å². The third-order valence-electron chi connectivity index (χ3n) is 3.81. The lowest BCUT2D eigenvalue weighted by Gasteiger charge is -2.18. The van der Waals surface area contributed by atoms with E-state index in [9.17, 15) is 19.2 Å². The van der Waals surface area contributed by atoms with Gasteiger partial charge in [0.25, 0.3) is 22.3 Å². The number of fused-ring (bicyclic) bond motifs is 1. The molecular formula is C20H31N3O4S2. The van der Waals surface area contributed by atoms with Gasteiger partial charge >= 0.3 is 0 Å². The van der Waals surface area contributed by atoms with Gasteiger partial charge < -0.3 is 10.2 Å². The predicted octanol–water partition coefficient (Wildman–Crippen LogP) is 4.19. The summed E-state index contributed by atoms with van der Waals surface area (Å²) in [6.45, 7) is 4.73. The maximum absolute atomic E-state index is 12.1. The molecule has 2 rings (SSSR count). The Morgan fingerprint density at radius 3 is 1.97 bits per heavy atom. The van der Waals surface area contributed by atoms with Gasteiger partial charge in [-0.1, -0.05) is 56.9 Å². The van der Waals surface area contributed by atoms with Gasteiger partial charge in [-0.15, -0.1) is 0 Å². The van der Waals surface area contributed by atoms with Crippen LogP contribution in [-0.4, -0.2) is 70.8 Å². The van der Waals surface area contributed by atoms with Crippen molar-refractivity contribution in [1.82, 2.24) is 15.1 Å². The maximum atomic E-state index is 12.1. The fourth-order valence-corrected chi connectivity index (χ4v) is 3.40. The molecule has 0 saturated carbocycles. The van der Waals surface area contributed by atoms with Gasteiger partial charge in [0, 0.05) is 27.2 Å². The molecule has 0 bridgehead atoms. The van der Waals surface area contributed by atoms with Crippen molar-refractivity contribution in [2.24, 2.45) is 0 Å². The molecule has 162 valence electrons. The van der Waals surface area contributed by atoms with Crippen LogP contribution in [0.5, 0.6) is 0 Å². The van der Waals surface area contributed by atoms with Crippen LogP contribution >= 0.6 is 23.5 Å². The summed E-state index contributed by atoms with van der Waals surface area (Å²) in [5.41, 5.74) is 0.932. The number of carbonyl (C=O) groups excluding carboxylic acids is 4. The lowest BCUT2D eigenvalue weighted by atomic mass is 10.1. The predicted molar refractivity (Wildman–Crippen MR) is 122 cm³/mol. The lowest BCUT2D eigenvalue weighted by molar-refractivity contribution is 0.0650. The number of hydrogen-bond donors (Lipinski definition) is 1. The third-order valence-corrected chi connectivity index (χ3v) is 5.41. The monoisotopic (exact) mass is 441 g/mol. The van der Waals surface area contributed by atoms with Gasteiger partial charge in [0.15, 0.2) is 0 Å². The molecule has 0 aromatic heterocycles. The van der Waals surface area contributed by atoms with Gasteiger partial charge in [-0.2, -0.15) is 0 Å². The molecule has 7 nitrogen and oxygen atoms in total. The number of imide groups is 1. The van der Waals surface area contributed by atoms with E-state index in [4.69, 9.17) is 0 Å². The summed E-state index contributed by atoms with van der Waals surface area (Å²) in [6, 6.07) is 6.84. The van der Waals surface area contributed by atoms with Crippen molar-refractivity contribution in [2.45, 2.75) is 27.7 Å². The van der Waals surface area contributed by atoms with E-state index in [0.717, 1.165) is 11.5 Å². The summed E-state index contributed by atoms with van der Waals surface area (Å²) >= 11 is 2.53. The zero-order valence-corrected chi connectivity index (χ0v) is 18.3. The molecule has 0 radical (unpaired) electrons. The first kappa shape index (κ1) is 27.0. The van der Waals surface area contributed by atoms with Crippen LogP contribution in [0.2, 0.25) is 0 Å². The summed E-state index contributed by atoms with van der Waals surface area (Å²) in [6.07, 6.45) is 0.581. The van der Waals surface area contributed by atoms with E-state index in [0.29, 0.717) is 30.6 Å². The third kappa shape index (κ3) is 8.10. The summed E-state index contributed by atoms with van der Waals surface area (Å²) in [5.74, 6) is 1.10. The first-order valence-electron chi connectivity index (χ1n) is 9.04. The largest absolute Gasteiger partial charge is 0.350 e. The Kier molecular flexibility index (Phi) is 13.1. The number of rotatable bonds is 6. The van der Waals surface area contributed by atoms with Crippen LogP contribution in [0.15, 0.2) is 24.3 Å². The minimum absolute atomic E-state index is 0. The molecule has 1 aliphatic heterocycles. The zero-order chi connectivity index (χ0) is 21.1. The molecule has 1 heterocycles.